The molecule has 0 aliphatic rings. The van der Waals surface area contributed by atoms with Crippen molar-refractivity contribution in [1.29, 1.82) is 0 Å². The Hall–Kier alpha value is -3.87. The first-order chi connectivity index (χ1) is 12.7. The number of rotatable bonds is 5. The van der Waals surface area contributed by atoms with E-state index in [2.05, 4.69) is 25.5 Å². The number of nitrogens with zero attached hydrogens (tertiary/aromatic N) is 4. The van der Waals surface area contributed by atoms with Gasteiger partial charge in [0, 0.05) is 18.0 Å². The fourth-order valence-corrected chi connectivity index (χ4v) is 2.08. The molecule has 2 aromatic heterocycles. The Bertz CT molecular complexity index is 926. The molecule has 1 aromatic carbocycles. The van der Waals surface area contributed by atoms with Crippen LogP contribution >= 0.6 is 0 Å². The van der Waals surface area contributed by atoms with Crippen LogP contribution in [-0.4, -0.2) is 21.0 Å². The molecule has 0 spiro atoms. The van der Waals surface area contributed by atoms with Crippen molar-refractivity contribution in [3.8, 4) is 0 Å². The number of benzene rings is 1. The number of aliphatic hydroxyl groups is 1. The Kier molecular flexibility index (Phi) is 5.41. The van der Waals surface area contributed by atoms with E-state index in [1.165, 1.54) is 12.4 Å². The molecule has 0 atom stereocenters. The van der Waals surface area contributed by atoms with Gasteiger partial charge in [0.15, 0.2) is 11.5 Å². The molecule has 0 aliphatic carbocycles. The number of pyridine rings is 2. The van der Waals surface area contributed by atoms with Crippen LogP contribution in [0, 0.1) is 0 Å². The highest BCUT2D eigenvalue weighted by atomic mass is 16.3. The van der Waals surface area contributed by atoms with Gasteiger partial charge in [-0.1, -0.05) is 30.3 Å². The number of anilines is 1. The Morgan fingerprint density at radius 1 is 0.923 bits per heavy atom. The standard InChI is InChI=1S/C19H15N5O2/c25-18(14-6-2-1-3-7-14)17(24-23-16-9-5-11-21-13-16)19(26)22-15-8-4-10-20-12-15/h1-13,25H,(H,22,26). The first-order valence-electron chi connectivity index (χ1n) is 7.76. The minimum absolute atomic E-state index is 0.219. The van der Waals surface area contributed by atoms with Gasteiger partial charge in [-0.05, 0) is 24.3 Å². The first-order valence-corrected chi connectivity index (χ1v) is 7.76. The maximum atomic E-state index is 12.6. The van der Waals surface area contributed by atoms with Crippen LogP contribution in [0.3, 0.4) is 0 Å². The van der Waals surface area contributed by atoms with E-state index in [9.17, 15) is 9.90 Å². The third-order valence-corrected chi connectivity index (χ3v) is 3.32. The molecule has 0 aliphatic heterocycles. The van der Waals surface area contributed by atoms with Gasteiger partial charge in [0.2, 0.25) is 0 Å². The number of aliphatic hydroxyl groups excluding tert-OH is 1. The minimum atomic E-state index is -0.605. The lowest BCUT2D eigenvalue weighted by atomic mass is 10.1. The zero-order valence-electron chi connectivity index (χ0n) is 13.6. The summed E-state index contributed by atoms with van der Waals surface area (Å²) in [6.07, 6.45) is 6.19. The summed E-state index contributed by atoms with van der Waals surface area (Å²) in [7, 11) is 0. The van der Waals surface area contributed by atoms with Crippen LogP contribution in [-0.2, 0) is 4.79 Å². The second kappa shape index (κ2) is 8.29. The van der Waals surface area contributed by atoms with E-state index >= 15 is 0 Å². The summed E-state index contributed by atoms with van der Waals surface area (Å²) >= 11 is 0. The molecule has 128 valence electrons. The fraction of sp³-hybridized carbons (Fsp3) is 0. The molecule has 3 aromatic rings. The van der Waals surface area contributed by atoms with Gasteiger partial charge >= 0.3 is 0 Å². The Labute approximate surface area is 149 Å². The Morgan fingerprint density at radius 3 is 2.31 bits per heavy atom. The summed E-state index contributed by atoms with van der Waals surface area (Å²) in [5.41, 5.74) is 1.17. The molecular formula is C19H15N5O2. The number of nitrogens with one attached hydrogen (secondary N) is 1. The molecule has 2 heterocycles. The molecule has 0 fully saturated rings. The van der Waals surface area contributed by atoms with E-state index in [1.807, 2.05) is 6.07 Å². The van der Waals surface area contributed by atoms with Gasteiger partial charge in [-0.3, -0.25) is 14.8 Å². The predicted molar refractivity (Wildman–Crippen MR) is 97.6 cm³/mol. The van der Waals surface area contributed by atoms with Gasteiger partial charge in [0.25, 0.3) is 5.91 Å². The second-order valence-electron chi connectivity index (χ2n) is 5.17. The van der Waals surface area contributed by atoms with Crippen molar-refractivity contribution in [2.24, 2.45) is 10.2 Å². The van der Waals surface area contributed by atoms with Crippen molar-refractivity contribution in [2.75, 3.05) is 5.32 Å². The van der Waals surface area contributed by atoms with E-state index in [0.717, 1.165) is 0 Å². The summed E-state index contributed by atoms with van der Waals surface area (Å²) < 4.78 is 0. The van der Waals surface area contributed by atoms with E-state index in [0.29, 0.717) is 16.9 Å². The third kappa shape index (κ3) is 4.35. The summed E-state index contributed by atoms with van der Waals surface area (Å²) in [5.74, 6) is -0.883. The van der Waals surface area contributed by atoms with Gasteiger partial charge in [0.1, 0.15) is 5.69 Å². The number of carbonyl (C=O) groups excluding carboxylic acids is 1. The van der Waals surface area contributed by atoms with Gasteiger partial charge in [0.05, 0.1) is 18.1 Å². The summed E-state index contributed by atoms with van der Waals surface area (Å²) in [4.78, 5) is 20.5. The molecular weight excluding hydrogens is 330 g/mol. The lowest BCUT2D eigenvalue weighted by Gasteiger charge is -2.07. The zero-order valence-corrected chi connectivity index (χ0v) is 13.6. The van der Waals surface area contributed by atoms with Crippen LogP contribution in [0.5, 0.6) is 0 Å². The average molecular weight is 345 g/mol. The summed E-state index contributed by atoms with van der Waals surface area (Å²) in [5, 5.41) is 21.1. The van der Waals surface area contributed by atoms with Crippen LogP contribution < -0.4 is 5.32 Å². The number of aromatic nitrogens is 2. The van der Waals surface area contributed by atoms with Crippen molar-refractivity contribution in [3.63, 3.8) is 0 Å². The number of carbonyl (C=O) groups is 1. The normalized spacial score (nSPS) is 11.8. The molecule has 3 rings (SSSR count). The predicted octanol–water partition coefficient (Wildman–Crippen LogP) is 4.13. The van der Waals surface area contributed by atoms with Crippen molar-refractivity contribution in [1.82, 2.24) is 9.97 Å². The van der Waals surface area contributed by atoms with Crippen molar-refractivity contribution >= 4 is 23.0 Å². The van der Waals surface area contributed by atoms with Crippen LogP contribution in [0.25, 0.3) is 5.76 Å². The zero-order chi connectivity index (χ0) is 18.2. The summed E-state index contributed by atoms with van der Waals surface area (Å²) in [6.45, 7) is 0. The third-order valence-electron chi connectivity index (χ3n) is 3.32. The van der Waals surface area contributed by atoms with E-state index < -0.39 is 5.91 Å². The molecule has 26 heavy (non-hydrogen) atoms. The van der Waals surface area contributed by atoms with E-state index in [4.69, 9.17) is 0 Å². The van der Waals surface area contributed by atoms with Crippen LogP contribution in [0.1, 0.15) is 5.56 Å². The highest BCUT2D eigenvalue weighted by molar-refractivity contribution is 6.07. The van der Waals surface area contributed by atoms with E-state index in [1.54, 1.807) is 60.9 Å². The lowest BCUT2D eigenvalue weighted by Crippen LogP contribution is -2.15. The molecule has 0 unspecified atom stereocenters. The largest absolute Gasteiger partial charge is 0.505 e. The maximum Gasteiger partial charge on any atom is 0.280 e. The number of azo groups is 1. The smallest absolute Gasteiger partial charge is 0.280 e. The van der Waals surface area contributed by atoms with E-state index in [-0.39, 0.29) is 11.5 Å². The topological polar surface area (TPSA) is 99.8 Å². The second-order valence-corrected chi connectivity index (χ2v) is 5.17. The van der Waals surface area contributed by atoms with Crippen molar-refractivity contribution in [2.45, 2.75) is 0 Å². The number of hydrogen-bond donors (Lipinski definition) is 2. The van der Waals surface area contributed by atoms with Gasteiger partial charge in [-0.25, -0.2) is 0 Å². The molecule has 7 nitrogen and oxygen atoms in total. The molecule has 0 radical (unpaired) electrons. The monoisotopic (exact) mass is 345 g/mol. The highest BCUT2D eigenvalue weighted by Crippen LogP contribution is 2.20. The fourth-order valence-electron chi connectivity index (χ4n) is 2.08. The minimum Gasteiger partial charge on any atom is -0.505 e. The van der Waals surface area contributed by atoms with Crippen LogP contribution in [0.4, 0.5) is 11.4 Å². The van der Waals surface area contributed by atoms with Crippen molar-refractivity contribution < 1.29 is 9.90 Å². The highest BCUT2D eigenvalue weighted by Gasteiger charge is 2.17. The quantitative estimate of drug-likeness (QED) is 0.412. The Morgan fingerprint density at radius 2 is 1.65 bits per heavy atom. The maximum absolute atomic E-state index is 12.6. The number of hydrogen-bond acceptors (Lipinski definition) is 6. The summed E-state index contributed by atoms with van der Waals surface area (Å²) in [6, 6.07) is 15.4. The molecule has 0 bridgehead atoms. The first kappa shape index (κ1) is 17.0. The van der Waals surface area contributed by atoms with Crippen molar-refractivity contribution in [3.05, 3.63) is 90.6 Å². The van der Waals surface area contributed by atoms with Gasteiger partial charge in [-0.2, -0.15) is 0 Å². The van der Waals surface area contributed by atoms with Gasteiger partial charge < -0.3 is 10.4 Å². The number of amides is 1. The molecule has 7 heteroatoms. The average Bonchev–Trinajstić information content (AvgIpc) is 2.70. The molecule has 2 N–H and O–H groups in total. The SMILES string of the molecule is O=C(Nc1cccnc1)C(N=Nc1cccnc1)=C(O)c1ccccc1. The van der Waals surface area contributed by atoms with Crippen LogP contribution in [0.2, 0.25) is 0 Å². The molecule has 0 saturated carbocycles. The van der Waals surface area contributed by atoms with Crippen LogP contribution in [0.15, 0.2) is 95.3 Å². The van der Waals surface area contributed by atoms with Gasteiger partial charge in [-0.15, -0.1) is 10.2 Å². The lowest BCUT2D eigenvalue weighted by molar-refractivity contribution is -0.112. The Balaban J connectivity index is 1.96. The molecule has 0 saturated heterocycles. The molecule has 1 amide bonds.